The Morgan fingerprint density at radius 1 is 1.40 bits per heavy atom. The van der Waals surface area contributed by atoms with E-state index in [1.165, 1.54) is 6.26 Å². The van der Waals surface area contributed by atoms with Gasteiger partial charge in [0.1, 0.15) is 5.76 Å². The Morgan fingerprint density at radius 3 is 2.65 bits per heavy atom. The summed E-state index contributed by atoms with van der Waals surface area (Å²) in [4.78, 5) is 24.8. The van der Waals surface area contributed by atoms with E-state index < -0.39 is 5.97 Å². The maximum atomic E-state index is 12.5. The molecule has 5 heteroatoms. The Kier molecular flexibility index (Phi) is 6.28. The van der Waals surface area contributed by atoms with Crippen molar-refractivity contribution in [1.82, 2.24) is 4.90 Å². The van der Waals surface area contributed by atoms with Crippen LogP contribution in [-0.4, -0.2) is 35.0 Å². The van der Waals surface area contributed by atoms with Gasteiger partial charge in [0, 0.05) is 19.5 Å². The number of rotatable bonds is 8. The lowest BCUT2D eigenvalue weighted by Gasteiger charge is -2.24. The fourth-order valence-electron chi connectivity index (χ4n) is 2.07. The number of aliphatic carboxylic acids is 1. The van der Waals surface area contributed by atoms with Crippen LogP contribution in [0.5, 0.6) is 0 Å². The monoisotopic (exact) mass is 281 g/mol. The third kappa shape index (κ3) is 4.72. The molecule has 0 aliphatic carbocycles. The molecule has 0 fully saturated rings. The molecule has 5 nitrogen and oxygen atoms in total. The van der Waals surface area contributed by atoms with Crippen molar-refractivity contribution >= 4 is 11.9 Å². The summed E-state index contributed by atoms with van der Waals surface area (Å²) in [6.07, 6.45) is 3.08. The second-order valence-electron chi connectivity index (χ2n) is 5.30. The minimum absolute atomic E-state index is 0.0422. The fraction of sp³-hybridized carbons (Fsp3) is 0.600. The van der Waals surface area contributed by atoms with Crippen LogP contribution in [0.25, 0.3) is 0 Å². The maximum Gasteiger partial charge on any atom is 0.305 e. The summed E-state index contributed by atoms with van der Waals surface area (Å²) in [7, 11) is 0. The molecule has 1 rings (SSSR count). The number of nitrogens with zero attached hydrogens (tertiary/aromatic N) is 1. The van der Waals surface area contributed by atoms with E-state index in [1.54, 1.807) is 11.0 Å². The van der Waals surface area contributed by atoms with Gasteiger partial charge in [-0.05, 0) is 18.4 Å². The predicted octanol–water partition coefficient (Wildman–Crippen LogP) is 2.81. The number of carbonyl (C=O) groups excluding carboxylic acids is 1. The molecule has 1 aromatic rings. The number of amides is 1. The standard InChI is InChI=1S/C15H23NO4/c1-4-5-13-12(7-9-20-13)15(19)16(10-11(2)3)8-6-14(17)18/h7,9,11H,4-6,8,10H2,1-3H3,(H,17,18). The summed E-state index contributed by atoms with van der Waals surface area (Å²) in [6.45, 7) is 6.80. The zero-order chi connectivity index (χ0) is 15.1. The van der Waals surface area contributed by atoms with E-state index in [0.717, 1.165) is 6.42 Å². The van der Waals surface area contributed by atoms with Crippen LogP contribution in [0.4, 0.5) is 0 Å². The highest BCUT2D eigenvalue weighted by molar-refractivity contribution is 5.95. The fourth-order valence-corrected chi connectivity index (χ4v) is 2.07. The van der Waals surface area contributed by atoms with Crippen molar-refractivity contribution < 1.29 is 19.1 Å². The summed E-state index contributed by atoms with van der Waals surface area (Å²) in [5.41, 5.74) is 0.554. The number of carbonyl (C=O) groups is 2. The Bertz CT molecular complexity index is 450. The van der Waals surface area contributed by atoms with Gasteiger partial charge < -0.3 is 14.4 Å². The van der Waals surface area contributed by atoms with Crippen LogP contribution in [-0.2, 0) is 11.2 Å². The minimum Gasteiger partial charge on any atom is -0.481 e. The van der Waals surface area contributed by atoms with Gasteiger partial charge in [-0.3, -0.25) is 9.59 Å². The normalized spacial score (nSPS) is 10.8. The Morgan fingerprint density at radius 2 is 2.10 bits per heavy atom. The van der Waals surface area contributed by atoms with Gasteiger partial charge in [0.2, 0.25) is 0 Å². The van der Waals surface area contributed by atoms with E-state index in [2.05, 4.69) is 0 Å². The van der Waals surface area contributed by atoms with Gasteiger partial charge >= 0.3 is 5.97 Å². The van der Waals surface area contributed by atoms with E-state index in [4.69, 9.17) is 9.52 Å². The first-order valence-corrected chi connectivity index (χ1v) is 7.03. The van der Waals surface area contributed by atoms with E-state index in [-0.39, 0.29) is 24.8 Å². The number of carboxylic acid groups (broad SMARTS) is 1. The summed E-state index contributed by atoms with van der Waals surface area (Å²) < 4.78 is 5.34. The van der Waals surface area contributed by atoms with Gasteiger partial charge in [-0.25, -0.2) is 0 Å². The third-order valence-electron chi connectivity index (χ3n) is 2.92. The largest absolute Gasteiger partial charge is 0.481 e. The van der Waals surface area contributed by atoms with E-state index in [9.17, 15) is 9.59 Å². The minimum atomic E-state index is -0.896. The van der Waals surface area contributed by atoms with Crippen LogP contribution < -0.4 is 0 Å². The smallest absolute Gasteiger partial charge is 0.305 e. The van der Waals surface area contributed by atoms with Crippen molar-refractivity contribution in [1.29, 1.82) is 0 Å². The highest BCUT2D eigenvalue weighted by Gasteiger charge is 2.21. The molecule has 1 heterocycles. The van der Waals surface area contributed by atoms with Gasteiger partial charge in [-0.15, -0.1) is 0 Å². The summed E-state index contributed by atoms with van der Waals surface area (Å²) >= 11 is 0. The highest BCUT2D eigenvalue weighted by atomic mass is 16.4. The van der Waals surface area contributed by atoms with E-state index >= 15 is 0 Å². The van der Waals surface area contributed by atoms with Gasteiger partial charge in [-0.2, -0.15) is 0 Å². The van der Waals surface area contributed by atoms with Crippen LogP contribution >= 0.6 is 0 Å². The first-order valence-electron chi connectivity index (χ1n) is 7.03. The second-order valence-corrected chi connectivity index (χ2v) is 5.30. The van der Waals surface area contributed by atoms with Crippen LogP contribution in [0.3, 0.4) is 0 Å². The Balaban J connectivity index is 2.85. The molecule has 0 radical (unpaired) electrons. The van der Waals surface area contributed by atoms with Gasteiger partial charge in [0.15, 0.2) is 0 Å². The SMILES string of the molecule is CCCc1occc1C(=O)N(CCC(=O)O)CC(C)C. The van der Waals surface area contributed by atoms with Crippen molar-refractivity contribution in [3.8, 4) is 0 Å². The van der Waals surface area contributed by atoms with Crippen molar-refractivity contribution in [3.05, 3.63) is 23.7 Å². The molecule has 1 aromatic heterocycles. The molecule has 0 aliphatic heterocycles. The molecule has 20 heavy (non-hydrogen) atoms. The lowest BCUT2D eigenvalue weighted by atomic mass is 10.1. The van der Waals surface area contributed by atoms with Crippen LogP contribution in [0, 0.1) is 5.92 Å². The molecule has 0 saturated heterocycles. The average Bonchev–Trinajstić information content (AvgIpc) is 2.81. The molecular weight excluding hydrogens is 258 g/mol. The van der Waals surface area contributed by atoms with Crippen molar-refractivity contribution in [2.24, 2.45) is 5.92 Å². The number of furan rings is 1. The highest BCUT2D eigenvalue weighted by Crippen LogP contribution is 2.16. The zero-order valence-electron chi connectivity index (χ0n) is 12.4. The van der Waals surface area contributed by atoms with Gasteiger partial charge in [0.05, 0.1) is 18.2 Å². The van der Waals surface area contributed by atoms with Crippen molar-refractivity contribution in [2.45, 2.75) is 40.0 Å². The first-order chi connectivity index (χ1) is 9.45. The molecule has 0 aliphatic rings. The number of hydrogen-bond donors (Lipinski definition) is 1. The first kappa shape index (κ1) is 16.3. The van der Waals surface area contributed by atoms with Crippen LogP contribution in [0.2, 0.25) is 0 Å². The molecule has 0 unspecified atom stereocenters. The topological polar surface area (TPSA) is 70.8 Å². The Labute approximate surface area is 119 Å². The second kappa shape index (κ2) is 7.72. The van der Waals surface area contributed by atoms with E-state index in [1.807, 2.05) is 20.8 Å². The molecule has 0 bridgehead atoms. The quantitative estimate of drug-likeness (QED) is 0.795. The molecule has 0 spiro atoms. The Hall–Kier alpha value is -1.78. The summed E-state index contributed by atoms with van der Waals surface area (Å²) in [6, 6.07) is 1.67. The van der Waals surface area contributed by atoms with Gasteiger partial charge in [0.25, 0.3) is 5.91 Å². The molecular formula is C15H23NO4. The molecule has 0 aromatic carbocycles. The summed E-state index contributed by atoms with van der Waals surface area (Å²) in [5, 5.41) is 8.79. The van der Waals surface area contributed by atoms with Gasteiger partial charge in [-0.1, -0.05) is 20.8 Å². The van der Waals surface area contributed by atoms with E-state index in [0.29, 0.717) is 24.3 Å². The van der Waals surface area contributed by atoms with Crippen molar-refractivity contribution in [3.63, 3.8) is 0 Å². The zero-order valence-corrected chi connectivity index (χ0v) is 12.4. The predicted molar refractivity (Wildman–Crippen MR) is 75.7 cm³/mol. The lowest BCUT2D eigenvalue weighted by Crippen LogP contribution is -2.36. The molecule has 1 amide bonds. The molecule has 112 valence electrons. The molecule has 1 N–H and O–H groups in total. The maximum absolute atomic E-state index is 12.5. The summed E-state index contributed by atoms with van der Waals surface area (Å²) in [5.74, 6) is -0.0690. The number of carboxylic acids is 1. The number of aryl methyl sites for hydroxylation is 1. The lowest BCUT2D eigenvalue weighted by molar-refractivity contribution is -0.137. The van der Waals surface area contributed by atoms with Crippen molar-refractivity contribution in [2.75, 3.05) is 13.1 Å². The van der Waals surface area contributed by atoms with Crippen LogP contribution in [0.15, 0.2) is 16.7 Å². The number of hydrogen-bond acceptors (Lipinski definition) is 3. The molecule has 0 atom stereocenters. The van der Waals surface area contributed by atoms with Crippen LogP contribution in [0.1, 0.15) is 49.7 Å². The third-order valence-corrected chi connectivity index (χ3v) is 2.92. The average molecular weight is 281 g/mol. The molecule has 0 saturated carbocycles.